The molecule has 1 aromatic carbocycles. The molecule has 1 atom stereocenters. The van der Waals surface area contributed by atoms with Gasteiger partial charge in [0.1, 0.15) is 0 Å². The van der Waals surface area contributed by atoms with Gasteiger partial charge in [-0.15, -0.1) is 0 Å². The number of likely N-dealkylation sites (tertiary alicyclic amines) is 1. The molecule has 6 nitrogen and oxygen atoms in total. The van der Waals surface area contributed by atoms with Crippen LogP contribution in [0.25, 0.3) is 11.0 Å². The number of aromatic nitrogens is 2. The van der Waals surface area contributed by atoms with Crippen molar-refractivity contribution in [1.29, 1.82) is 0 Å². The molecule has 0 bridgehead atoms. The lowest BCUT2D eigenvalue weighted by atomic mass is 10.2. The fraction of sp³-hybridized carbons (Fsp3) is 0.467. The molecule has 112 valence electrons. The summed E-state index contributed by atoms with van der Waals surface area (Å²) in [5.41, 5.74) is 1.35. The number of fused-ring (bicyclic) bond motifs is 1. The molecule has 0 aliphatic carbocycles. The van der Waals surface area contributed by atoms with Gasteiger partial charge in [0.2, 0.25) is 0 Å². The lowest BCUT2D eigenvalue weighted by Crippen LogP contribution is -2.36. The highest BCUT2D eigenvalue weighted by molar-refractivity contribution is 5.92. The summed E-state index contributed by atoms with van der Waals surface area (Å²) in [6.45, 7) is 4.82. The van der Waals surface area contributed by atoms with Crippen LogP contribution in [-0.4, -0.2) is 44.7 Å². The molecule has 1 aromatic heterocycles. The van der Waals surface area contributed by atoms with Crippen LogP contribution >= 0.6 is 0 Å². The maximum atomic E-state index is 12.1. The van der Waals surface area contributed by atoms with Gasteiger partial charge < -0.3 is 10.1 Å². The fourth-order valence-corrected chi connectivity index (χ4v) is 3.03. The highest BCUT2D eigenvalue weighted by Gasteiger charge is 2.20. The van der Waals surface area contributed by atoms with Crippen LogP contribution in [0.3, 0.4) is 0 Å². The van der Waals surface area contributed by atoms with E-state index in [1.807, 2.05) is 0 Å². The third-order valence-corrected chi connectivity index (χ3v) is 4.23. The maximum absolute atomic E-state index is 12.1. The highest BCUT2D eigenvalue weighted by Crippen LogP contribution is 2.16. The largest absolute Gasteiger partial charge is 0.478 e. The Balaban J connectivity index is 1.96. The van der Waals surface area contributed by atoms with E-state index in [-0.39, 0.29) is 17.3 Å². The van der Waals surface area contributed by atoms with Crippen molar-refractivity contribution in [1.82, 2.24) is 14.5 Å². The molecule has 0 radical (unpaired) electrons. The van der Waals surface area contributed by atoms with Crippen LogP contribution in [0.4, 0.5) is 0 Å². The van der Waals surface area contributed by atoms with Crippen molar-refractivity contribution in [3.8, 4) is 0 Å². The van der Waals surface area contributed by atoms with E-state index >= 15 is 0 Å². The molecule has 1 aliphatic heterocycles. The average Bonchev–Trinajstić information content (AvgIpc) is 3.07. The predicted molar refractivity (Wildman–Crippen MR) is 79.8 cm³/mol. The SMILES string of the molecule is CC(Cn1c(=O)[nH]c2ccc(C(=O)O)cc21)N1CCCC1. The molecule has 0 saturated carbocycles. The quantitative estimate of drug-likeness (QED) is 0.894. The molecule has 0 amide bonds. The van der Waals surface area contributed by atoms with Crippen molar-refractivity contribution in [2.75, 3.05) is 13.1 Å². The number of benzene rings is 1. The van der Waals surface area contributed by atoms with Gasteiger partial charge in [0.05, 0.1) is 16.6 Å². The maximum Gasteiger partial charge on any atom is 0.335 e. The Kier molecular flexibility index (Phi) is 3.55. The average molecular weight is 289 g/mol. The number of carboxylic acids is 1. The van der Waals surface area contributed by atoms with Crippen molar-refractivity contribution in [2.45, 2.75) is 32.4 Å². The minimum absolute atomic E-state index is 0.182. The molecule has 1 aliphatic rings. The first kappa shape index (κ1) is 13.9. The summed E-state index contributed by atoms with van der Waals surface area (Å²) in [5.74, 6) is -0.982. The van der Waals surface area contributed by atoms with Gasteiger partial charge in [-0.25, -0.2) is 9.59 Å². The molecule has 1 saturated heterocycles. The summed E-state index contributed by atoms with van der Waals surface area (Å²) in [6.07, 6.45) is 2.41. The first-order valence-electron chi connectivity index (χ1n) is 7.26. The smallest absolute Gasteiger partial charge is 0.335 e. The molecule has 1 unspecified atom stereocenters. The number of carbonyl (C=O) groups is 1. The van der Waals surface area contributed by atoms with Crippen molar-refractivity contribution in [3.63, 3.8) is 0 Å². The Morgan fingerprint density at radius 3 is 2.76 bits per heavy atom. The van der Waals surface area contributed by atoms with Gasteiger partial charge in [-0.2, -0.15) is 0 Å². The summed E-state index contributed by atoms with van der Waals surface area (Å²) in [6, 6.07) is 4.98. The number of carboxylic acid groups (broad SMARTS) is 1. The summed E-state index contributed by atoms with van der Waals surface area (Å²) in [7, 11) is 0. The van der Waals surface area contributed by atoms with Crippen molar-refractivity contribution < 1.29 is 9.90 Å². The standard InChI is InChI=1S/C15H19N3O3/c1-10(17-6-2-3-7-17)9-18-13-8-11(14(19)20)4-5-12(13)16-15(18)21/h4-5,8,10H,2-3,6-7,9H2,1H3,(H,16,21)(H,19,20). The lowest BCUT2D eigenvalue weighted by molar-refractivity contribution is 0.0697. The van der Waals surface area contributed by atoms with E-state index in [1.54, 1.807) is 16.7 Å². The van der Waals surface area contributed by atoms with Gasteiger partial charge in [-0.3, -0.25) is 9.47 Å². The molecular formula is C15H19N3O3. The van der Waals surface area contributed by atoms with Gasteiger partial charge in [-0.1, -0.05) is 0 Å². The number of nitrogens with zero attached hydrogens (tertiary/aromatic N) is 2. The summed E-state index contributed by atoms with van der Waals surface area (Å²) >= 11 is 0. The number of nitrogens with one attached hydrogen (secondary N) is 1. The third kappa shape index (κ3) is 2.58. The topological polar surface area (TPSA) is 78.3 Å². The predicted octanol–water partition coefficient (Wildman–Crippen LogP) is 1.51. The molecular weight excluding hydrogens is 270 g/mol. The van der Waals surface area contributed by atoms with Crippen LogP contribution < -0.4 is 5.69 Å². The molecule has 3 rings (SSSR count). The van der Waals surface area contributed by atoms with Gasteiger partial charge in [0.15, 0.2) is 0 Å². The molecule has 21 heavy (non-hydrogen) atoms. The molecule has 0 spiro atoms. The minimum Gasteiger partial charge on any atom is -0.478 e. The molecule has 2 N–H and O–H groups in total. The van der Waals surface area contributed by atoms with Crippen LogP contribution in [0.5, 0.6) is 0 Å². The molecule has 6 heteroatoms. The van der Waals surface area contributed by atoms with Crippen LogP contribution in [-0.2, 0) is 6.54 Å². The molecule has 1 fully saturated rings. The first-order valence-corrected chi connectivity index (χ1v) is 7.26. The zero-order valence-corrected chi connectivity index (χ0v) is 12.0. The van der Waals surface area contributed by atoms with E-state index in [4.69, 9.17) is 5.11 Å². The fourth-order valence-electron chi connectivity index (χ4n) is 3.03. The number of hydrogen-bond donors (Lipinski definition) is 2. The van der Waals surface area contributed by atoms with E-state index in [0.29, 0.717) is 17.6 Å². The Morgan fingerprint density at radius 2 is 2.10 bits per heavy atom. The molecule has 2 aromatic rings. The van der Waals surface area contributed by atoms with E-state index in [0.717, 1.165) is 13.1 Å². The van der Waals surface area contributed by atoms with Crippen molar-refractivity contribution in [2.24, 2.45) is 0 Å². The first-order chi connectivity index (χ1) is 10.1. The van der Waals surface area contributed by atoms with Gasteiger partial charge in [0, 0.05) is 12.6 Å². The normalized spacial score (nSPS) is 17.4. The Labute approximate surface area is 122 Å². The second kappa shape index (κ2) is 5.37. The van der Waals surface area contributed by atoms with Gasteiger partial charge >= 0.3 is 11.7 Å². The van der Waals surface area contributed by atoms with E-state index in [9.17, 15) is 9.59 Å². The summed E-state index contributed by atoms with van der Waals surface area (Å²) < 4.78 is 1.64. The Hall–Kier alpha value is -2.08. The number of aromatic carboxylic acids is 1. The van der Waals surface area contributed by atoms with Crippen LogP contribution in [0.1, 0.15) is 30.1 Å². The minimum atomic E-state index is -0.982. The lowest BCUT2D eigenvalue weighted by Gasteiger charge is -2.23. The van der Waals surface area contributed by atoms with Crippen LogP contribution in [0, 0.1) is 0 Å². The summed E-state index contributed by atoms with van der Waals surface area (Å²) in [4.78, 5) is 28.4. The third-order valence-electron chi connectivity index (χ3n) is 4.23. The monoisotopic (exact) mass is 289 g/mol. The highest BCUT2D eigenvalue weighted by atomic mass is 16.4. The van der Waals surface area contributed by atoms with Crippen LogP contribution in [0.2, 0.25) is 0 Å². The van der Waals surface area contributed by atoms with Crippen molar-refractivity contribution in [3.05, 3.63) is 34.2 Å². The van der Waals surface area contributed by atoms with Gasteiger partial charge in [-0.05, 0) is 51.1 Å². The number of rotatable bonds is 4. The molecule has 2 heterocycles. The van der Waals surface area contributed by atoms with E-state index in [2.05, 4.69) is 16.8 Å². The zero-order valence-electron chi connectivity index (χ0n) is 12.0. The number of aromatic amines is 1. The summed E-state index contributed by atoms with van der Waals surface area (Å²) in [5, 5.41) is 9.09. The van der Waals surface area contributed by atoms with E-state index < -0.39 is 5.97 Å². The second-order valence-electron chi connectivity index (χ2n) is 5.67. The van der Waals surface area contributed by atoms with Gasteiger partial charge in [0.25, 0.3) is 0 Å². The van der Waals surface area contributed by atoms with E-state index in [1.165, 1.54) is 18.9 Å². The Bertz CT molecular complexity index is 725. The number of imidazole rings is 1. The second-order valence-corrected chi connectivity index (χ2v) is 5.67. The number of H-pyrrole nitrogens is 1. The van der Waals surface area contributed by atoms with Crippen LogP contribution in [0.15, 0.2) is 23.0 Å². The zero-order chi connectivity index (χ0) is 15.0. The van der Waals surface area contributed by atoms with Crippen molar-refractivity contribution >= 4 is 17.0 Å². The Morgan fingerprint density at radius 1 is 1.38 bits per heavy atom. The number of hydrogen-bond acceptors (Lipinski definition) is 3.